The molecule has 1 aromatic heterocycles. The average Bonchev–Trinajstić information content (AvgIpc) is 2.94. The first-order valence-corrected chi connectivity index (χ1v) is 8.79. The minimum Gasteiger partial charge on any atom is -0.480 e. The maximum Gasteiger partial charge on any atom is 0.325 e. The highest BCUT2D eigenvalue weighted by atomic mass is 32.2. The first-order chi connectivity index (χ1) is 10.4. The van der Waals surface area contributed by atoms with E-state index < -0.39 is 16.0 Å². The highest BCUT2D eigenvalue weighted by Crippen LogP contribution is 2.19. The highest BCUT2D eigenvalue weighted by Gasteiger charge is 2.28. The van der Waals surface area contributed by atoms with Crippen LogP contribution in [0.2, 0.25) is 0 Å². The van der Waals surface area contributed by atoms with Crippen LogP contribution in [-0.4, -0.2) is 48.0 Å². The number of aromatic nitrogens is 2. The van der Waals surface area contributed by atoms with Crippen LogP contribution < -0.4 is 4.72 Å². The molecule has 2 rings (SSSR count). The van der Waals surface area contributed by atoms with Crippen molar-refractivity contribution in [1.82, 2.24) is 14.5 Å². The zero-order chi connectivity index (χ0) is 16.2. The molecule has 0 spiro atoms. The summed E-state index contributed by atoms with van der Waals surface area (Å²) >= 11 is 0. The number of sulfonamides is 1. The van der Waals surface area contributed by atoms with Crippen molar-refractivity contribution < 1.29 is 23.1 Å². The lowest BCUT2D eigenvalue weighted by atomic mass is 10.0. The van der Waals surface area contributed by atoms with E-state index in [1.807, 2.05) is 6.92 Å². The third-order valence-corrected chi connectivity index (χ3v) is 5.07. The van der Waals surface area contributed by atoms with Crippen LogP contribution in [0.5, 0.6) is 0 Å². The summed E-state index contributed by atoms with van der Waals surface area (Å²) in [5, 5.41) is 12.4. The van der Waals surface area contributed by atoms with E-state index in [9.17, 15) is 13.2 Å². The molecule has 1 saturated heterocycles. The summed E-state index contributed by atoms with van der Waals surface area (Å²) in [6, 6.07) is -0.298. The molecule has 2 N–H and O–H groups in total. The Morgan fingerprint density at radius 2 is 2.36 bits per heavy atom. The van der Waals surface area contributed by atoms with Crippen LogP contribution in [0.4, 0.5) is 0 Å². The molecular weight excluding hydrogens is 310 g/mol. The highest BCUT2D eigenvalue weighted by molar-refractivity contribution is 7.89. The second-order valence-corrected chi connectivity index (χ2v) is 7.02. The summed E-state index contributed by atoms with van der Waals surface area (Å²) in [6.45, 7) is 2.18. The van der Waals surface area contributed by atoms with Crippen LogP contribution in [0, 0.1) is 0 Å². The van der Waals surface area contributed by atoms with E-state index in [4.69, 9.17) is 9.84 Å². The van der Waals surface area contributed by atoms with E-state index in [-0.39, 0.29) is 23.6 Å². The lowest BCUT2D eigenvalue weighted by molar-refractivity contribution is -0.137. The summed E-state index contributed by atoms with van der Waals surface area (Å²) in [6.07, 6.45) is 5.72. The molecule has 0 aromatic carbocycles. The number of carboxylic acid groups (broad SMARTS) is 1. The van der Waals surface area contributed by atoms with Crippen molar-refractivity contribution in [2.75, 3.05) is 6.61 Å². The van der Waals surface area contributed by atoms with E-state index in [1.54, 1.807) is 0 Å². The Hall–Kier alpha value is -1.45. The summed E-state index contributed by atoms with van der Waals surface area (Å²) in [5.41, 5.74) is 0. The van der Waals surface area contributed by atoms with Crippen LogP contribution in [0.1, 0.15) is 32.6 Å². The van der Waals surface area contributed by atoms with Gasteiger partial charge < -0.3 is 9.84 Å². The van der Waals surface area contributed by atoms with Gasteiger partial charge in [0, 0.05) is 18.8 Å². The molecule has 1 aliphatic heterocycles. The predicted octanol–water partition coefficient (Wildman–Crippen LogP) is 0.594. The molecule has 1 fully saturated rings. The smallest absolute Gasteiger partial charge is 0.325 e. The fraction of sp³-hybridized carbons (Fsp3) is 0.692. The van der Waals surface area contributed by atoms with Crippen molar-refractivity contribution in [2.24, 2.45) is 0 Å². The van der Waals surface area contributed by atoms with Crippen molar-refractivity contribution in [3.05, 3.63) is 12.4 Å². The lowest BCUT2D eigenvalue weighted by Crippen LogP contribution is -2.45. The van der Waals surface area contributed by atoms with Crippen molar-refractivity contribution in [3.63, 3.8) is 0 Å². The molecular formula is C13H21N3O5S. The largest absolute Gasteiger partial charge is 0.480 e. The molecule has 8 nitrogen and oxygen atoms in total. The van der Waals surface area contributed by atoms with Crippen LogP contribution in [0.3, 0.4) is 0 Å². The summed E-state index contributed by atoms with van der Waals surface area (Å²) in [4.78, 5) is 10.6. The third-order valence-electron chi connectivity index (χ3n) is 3.63. The Bertz CT molecular complexity index is 607. The Morgan fingerprint density at radius 1 is 1.59 bits per heavy atom. The van der Waals surface area contributed by atoms with Gasteiger partial charge in [-0.25, -0.2) is 13.1 Å². The van der Waals surface area contributed by atoms with E-state index in [2.05, 4.69) is 9.82 Å². The molecule has 2 atom stereocenters. The maximum absolute atomic E-state index is 12.4. The van der Waals surface area contributed by atoms with Crippen molar-refractivity contribution in [1.29, 1.82) is 0 Å². The normalized spacial score (nSPS) is 20.7. The van der Waals surface area contributed by atoms with Crippen molar-refractivity contribution in [3.8, 4) is 0 Å². The summed E-state index contributed by atoms with van der Waals surface area (Å²) < 4.78 is 34.1. The summed E-state index contributed by atoms with van der Waals surface area (Å²) in [5.74, 6) is -1.08. The van der Waals surface area contributed by atoms with E-state index in [0.717, 1.165) is 30.1 Å². The molecule has 0 amide bonds. The summed E-state index contributed by atoms with van der Waals surface area (Å²) in [7, 11) is -3.74. The van der Waals surface area contributed by atoms with Crippen LogP contribution in [-0.2, 0) is 26.1 Å². The van der Waals surface area contributed by atoms with Crippen molar-refractivity contribution in [2.45, 2.75) is 56.2 Å². The molecule has 124 valence electrons. The van der Waals surface area contributed by atoms with Gasteiger partial charge in [0.2, 0.25) is 10.0 Å². The number of hydrogen-bond acceptors (Lipinski definition) is 5. The van der Waals surface area contributed by atoms with Gasteiger partial charge in [-0.3, -0.25) is 9.48 Å². The van der Waals surface area contributed by atoms with Gasteiger partial charge >= 0.3 is 5.97 Å². The minimum atomic E-state index is -3.74. The van der Waals surface area contributed by atoms with Crippen LogP contribution in [0.15, 0.2) is 17.3 Å². The van der Waals surface area contributed by atoms with Crippen LogP contribution in [0.25, 0.3) is 0 Å². The second kappa shape index (κ2) is 7.21. The molecule has 22 heavy (non-hydrogen) atoms. The van der Waals surface area contributed by atoms with E-state index in [0.29, 0.717) is 13.0 Å². The molecule has 2 heterocycles. The van der Waals surface area contributed by atoms with E-state index >= 15 is 0 Å². The molecule has 0 aliphatic carbocycles. The van der Waals surface area contributed by atoms with Crippen LogP contribution >= 0.6 is 0 Å². The number of rotatable bonds is 7. The quantitative estimate of drug-likeness (QED) is 0.757. The van der Waals surface area contributed by atoms with Gasteiger partial charge in [-0.15, -0.1) is 0 Å². The minimum absolute atomic E-state index is 0.0389. The average molecular weight is 331 g/mol. The fourth-order valence-corrected chi connectivity index (χ4v) is 3.78. The van der Waals surface area contributed by atoms with Gasteiger partial charge in [-0.2, -0.15) is 5.10 Å². The van der Waals surface area contributed by atoms with E-state index in [1.165, 1.54) is 6.20 Å². The molecule has 9 heteroatoms. The Labute approximate surface area is 129 Å². The topological polar surface area (TPSA) is 111 Å². The SMILES string of the molecule is CCC(NS(=O)(=O)c1cnn(CC(=O)O)c1)C1CCCCO1. The Morgan fingerprint density at radius 3 is 2.95 bits per heavy atom. The monoisotopic (exact) mass is 331 g/mol. The fourth-order valence-electron chi connectivity index (χ4n) is 2.48. The molecule has 1 aromatic rings. The first-order valence-electron chi connectivity index (χ1n) is 7.30. The number of aliphatic carboxylic acids is 1. The van der Waals surface area contributed by atoms with Crippen molar-refractivity contribution >= 4 is 16.0 Å². The molecule has 0 saturated carbocycles. The lowest BCUT2D eigenvalue weighted by Gasteiger charge is -2.30. The molecule has 2 unspecified atom stereocenters. The zero-order valence-corrected chi connectivity index (χ0v) is 13.3. The Kier molecular flexibility index (Phi) is 5.54. The number of nitrogens with zero attached hydrogens (tertiary/aromatic N) is 2. The van der Waals surface area contributed by atoms with Gasteiger partial charge in [0.1, 0.15) is 11.4 Å². The number of carboxylic acids is 1. The molecule has 1 aliphatic rings. The van der Waals surface area contributed by atoms with Gasteiger partial charge in [-0.1, -0.05) is 6.92 Å². The van der Waals surface area contributed by atoms with Gasteiger partial charge in [-0.05, 0) is 25.7 Å². The Balaban J connectivity index is 2.08. The molecule has 0 radical (unpaired) electrons. The zero-order valence-electron chi connectivity index (χ0n) is 12.4. The predicted molar refractivity (Wildman–Crippen MR) is 77.9 cm³/mol. The number of carbonyl (C=O) groups is 1. The van der Waals surface area contributed by atoms with Gasteiger partial charge in [0.25, 0.3) is 0 Å². The maximum atomic E-state index is 12.4. The number of hydrogen-bond donors (Lipinski definition) is 2. The standard InChI is InChI=1S/C13H21N3O5S/c1-2-11(12-5-3-4-6-21-12)15-22(19,20)10-7-14-16(8-10)9-13(17)18/h7-8,11-12,15H,2-6,9H2,1H3,(H,17,18). The number of ether oxygens (including phenoxy) is 1. The third kappa shape index (κ3) is 4.28. The van der Waals surface area contributed by atoms with Gasteiger partial charge in [0.05, 0.1) is 12.3 Å². The second-order valence-electron chi connectivity index (χ2n) is 5.31. The van der Waals surface area contributed by atoms with Gasteiger partial charge in [0.15, 0.2) is 0 Å². The molecule has 0 bridgehead atoms. The number of nitrogens with one attached hydrogen (secondary N) is 1. The first kappa shape index (κ1) is 16.9.